The van der Waals surface area contributed by atoms with E-state index in [1.54, 1.807) is 0 Å². The summed E-state index contributed by atoms with van der Waals surface area (Å²) in [6.07, 6.45) is 10.3. The number of aliphatic hydroxyl groups excluding tert-OH is 4. The normalized spacial score (nSPS) is 12.7. The van der Waals surface area contributed by atoms with Gasteiger partial charge in [-0.2, -0.15) is 0 Å². The lowest BCUT2D eigenvalue weighted by atomic mass is 9.82. The van der Waals surface area contributed by atoms with Gasteiger partial charge < -0.3 is 20.4 Å². The second-order valence-corrected chi connectivity index (χ2v) is 6.31. The van der Waals surface area contributed by atoms with Gasteiger partial charge in [0.2, 0.25) is 0 Å². The third-order valence-corrected chi connectivity index (χ3v) is 4.33. The quantitative estimate of drug-likeness (QED) is 0.393. The van der Waals surface area contributed by atoms with Gasteiger partial charge in [0.1, 0.15) is 0 Å². The van der Waals surface area contributed by atoms with Gasteiger partial charge in [-0.3, -0.25) is 0 Å². The summed E-state index contributed by atoms with van der Waals surface area (Å²) in [5, 5.41) is 35.5. The van der Waals surface area contributed by atoms with E-state index in [0.29, 0.717) is 0 Å². The van der Waals surface area contributed by atoms with Crippen LogP contribution < -0.4 is 0 Å². The van der Waals surface area contributed by atoms with Crippen molar-refractivity contribution in [1.29, 1.82) is 0 Å². The second kappa shape index (κ2) is 17.2. The maximum Gasteiger partial charge on any atom is 0.0770 e. The average molecular weight is 321 g/mol. The van der Waals surface area contributed by atoms with Crippen molar-refractivity contribution in [1.82, 2.24) is 0 Å². The van der Waals surface area contributed by atoms with Crippen molar-refractivity contribution in [2.45, 2.75) is 91.1 Å². The van der Waals surface area contributed by atoms with Crippen molar-refractivity contribution in [2.75, 3.05) is 19.8 Å². The molecule has 0 aliphatic carbocycles. The van der Waals surface area contributed by atoms with Crippen LogP contribution in [0.5, 0.6) is 0 Å². The molecule has 0 saturated heterocycles. The monoisotopic (exact) mass is 320 g/mol. The zero-order valence-corrected chi connectivity index (χ0v) is 15.1. The van der Waals surface area contributed by atoms with Gasteiger partial charge >= 0.3 is 0 Å². The highest BCUT2D eigenvalue weighted by Crippen LogP contribution is 2.27. The van der Waals surface area contributed by atoms with Crippen molar-refractivity contribution in [3.05, 3.63) is 0 Å². The highest BCUT2D eigenvalue weighted by atomic mass is 16.3. The van der Waals surface area contributed by atoms with Crippen molar-refractivity contribution >= 4 is 0 Å². The van der Waals surface area contributed by atoms with Crippen molar-refractivity contribution in [3.8, 4) is 0 Å². The summed E-state index contributed by atoms with van der Waals surface area (Å²) in [6, 6.07) is 0. The summed E-state index contributed by atoms with van der Waals surface area (Å²) in [4.78, 5) is 0. The summed E-state index contributed by atoms with van der Waals surface area (Å²) in [5.74, 6) is 0. The molecular formula is C18H40O4. The molecule has 4 nitrogen and oxygen atoms in total. The van der Waals surface area contributed by atoms with Gasteiger partial charge in [-0.25, -0.2) is 0 Å². The Morgan fingerprint density at radius 1 is 0.773 bits per heavy atom. The highest BCUT2D eigenvalue weighted by Gasteiger charge is 2.25. The standard InChI is InChI=1S/2C9H20O2/c1-3-5-6-9(4-2,7-10)8-11;1-2-3-4-5-6-7-9(11)8-10/h10-11H,3-8H2,1-2H3;9-11H,2-8H2,1H3. The fraction of sp³-hybridized carbons (Fsp3) is 1.00. The van der Waals surface area contributed by atoms with E-state index in [2.05, 4.69) is 13.8 Å². The van der Waals surface area contributed by atoms with Crippen molar-refractivity contribution < 1.29 is 20.4 Å². The Bertz CT molecular complexity index is 197. The minimum Gasteiger partial charge on any atom is -0.396 e. The molecule has 0 spiro atoms. The number of rotatable bonds is 13. The molecule has 0 fully saturated rings. The fourth-order valence-electron chi connectivity index (χ4n) is 2.24. The Kier molecular flexibility index (Phi) is 18.8. The number of hydrogen-bond acceptors (Lipinski definition) is 4. The molecule has 0 bridgehead atoms. The Balaban J connectivity index is 0. The lowest BCUT2D eigenvalue weighted by Crippen LogP contribution is -2.28. The zero-order valence-electron chi connectivity index (χ0n) is 15.1. The first-order valence-corrected chi connectivity index (χ1v) is 9.06. The summed E-state index contributed by atoms with van der Waals surface area (Å²) >= 11 is 0. The van der Waals surface area contributed by atoms with E-state index in [0.717, 1.165) is 38.5 Å². The largest absolute Gasteiger partial charge is 0.396 e. The van der Waals surface area contributed by atoms with Crippen LogP contribution in [0.3, 0.4) is 0 Å². The molecule has 1 atom stereocenters. The van der Waals surface area contributed by atoms with Gasteiger partial charge in [0.25, 0.3) is 0 Å². The van der Waals surface area contributed by atoms with Gasteiger partial charge in [0.05, 0.1) is 25.9 Å². The van der Waals surface area contributed by atoms with E-state index >= 15 is 0 Å². The Morgan fingerprint density at radius 2 is 1.32 bits per heavy atom. The van der Waals surface area contributed by atoms with E-state index < -0.39 is 6.10 Å². The molecule has 0 aliphatic rings. The highest BCUT2D eigenvalue weighted by molar-refractivity contribution is 4.75. The minimum absolute atomic E-state index is 0.0895. The molecule has 4 heteroatoms. The number of hydrogen-bond donors (Lipinski definition) is 4. The number of aliphatic hydroxyl groups is 4. The van der Waals surface area contributed by atoms with E-state index in [9.17, 15) is 0 Å². The molecule has 0 aromatic heterocycles. The molecule has 0 aromatic rings. The zero-order chi connectivity index (χ0) is 17.3. The Hall–Kier alpha value is -0.160. The lowest BCUT2D eigenvalue weighted by molar-refractivity contribution is 0.0420. The third kappa shape index (κ3) is 13.5. The predicted octanol–water partition coefficient (Wildman–Crippen LogP) is 3.26. The molecule has 0 aliphatic heterocycles. The van der Waals surface area contributed by atoms with Crippen LogP contribution in [-0.4, -0.2) is 46.4 Å². The Morgan fingerprint density at radius 3 is 1.73 bits per heavy atom. The molecule has 0 amide bonds. The Labute approximate surface area is 137 Å². The van der Waals surface area contributed by atoms with Gasteiger partial charge in [-0.05, 0) is 19.3 Å². The topological polar surface area (TPSA) is 80.9 Å². The van der Waals surface area contributed by atoms with Gasteiger partial charge in [-0.1, -0.05) is 65.7 Å². The fourth-order valence-corrected chi connectivity index (χ4v) is 2.24. The lowest BCUT2D eigenvalue weighted by Gasteiger charge is -2.27. The molecule has 0 aromatic carbocycles. The molecular weight excluding hydrogens is 280 g/mol. The maximum atomic E-state index is 9.04. The van der Waals surface area contributed by atoms with E-state index in [4.69, 9.17) is 20.4 Å². The molecule has 4 N–H and O–H groups in total. The molecule has 1 unspecified atom stereocenters. The van der Waals surface area contributed by atoms with E-state index in [-0.39, 0.29) is 25.2 Å². The van der Waals surface area contributed by atoms with Crippen LogP contribution in [0.2, 0.25) is 0 Å². The third-order valence-electron chi connectivity index (χ3n) is 4.33. The van der Waals surface area contributed by atoms with Crippen LogP contribution in [0.4, 0.5) is 0 Å². The smallest absolute Gasteiger partial charge is 0.0770 e. The van der Waals surface area contributed by atoms with Gasteiger partial charge in [-0.15, -0.1) is 0 Å². The van der Waals surface area contributed by atoms with Crippen molar-refractivity contribution in [2.24, 2.45) is 5.41 Å². The van der Waals surface area contributed by atoms with Crippen molar-refractivity contribution in [3.63, 3.8) is 0 Å². The first kappa shape index (κ1) is 24.1. The molecule has 0 rings (SSSR count). The average Bonchev–Trinajstić information content (AvgIpc) is 2.57. The van der Waals surface area contributed by atoms with Crippen LogP contribution in [0.25, 0.3) is 0 Å². The second-order valence-electron chi connectivity index (χ2n) is 6.31. The maximum absolute atomic E-state index is 9.04. The molecule has 22 heavy (non-hydrogen) atoms. The predicted molar refractivity (Wildman–Crippen MR) is 92.9 cm³/mol. The summed E-state index contributed by atoms with van der Waals surface area (Å²) < 4.78 is 0. The van der Waals surface area contributed by atoms with Crippen LogP contribution in [0, 0.1) is 5.41 Å². The first-order chi connectivity index (χ1) is 10.6. The SMILES string of the molecule is CCCCC(CC)(CO)CO.CCCCCCCC(O)CO. The molecule has 0 radical (unpaired) electrons. The molecule has 0 saturated carbocycles. The van der Waals surface area contributed by atoms with E-state index in [1.807, 2.05) is 6.92 Å². The van der Waals surface area contributed by atoms with Crippen LogP contribution >= 0.6 is 0 Å². The summed E-state index contributed by atoms with van der Waals surface area (Å²) in [7, 11) is 0. The summed E-state index contributed by atoms with van der Waals surface area (Å²) in [5.41, 5.74) is -0.212. The first-order valence-electron chi connectivity index (χ1n) is 9.06. The molecule has 0 heterocycles. The minimum atomic E-state index is -0.489. The van der Waals surface area contributed by atoms with Gasteiger partial charge in [0, 0.05) is 5.41 Å². The summed E-state index contributed by atoms with van der Waals surface area (Å²) in [6.45, 7) is 6.45. The van der Waals surface area contributed by atoms with Crippen LogP contribution in [-0.2, 0) is 0 Å². The van der Waals surface area contributed by atoms with Crippen LogP contribution in [0.15, 0.2) is 0 Å². The van der Waals surface area contributed by atoms with E-state index in [1.165, 1.54) is 25.7 Å². The number of unbranched alkanes of at least 4 members (excludes halogenated alkanes) is 5. The molecule has 136 valence electrons. The van der Waals surface area contributed by atoms with Crippen LogP contribution in [0.1, 0.15) is 85.0 Å². The van der Waals surface area contributed by atoms with Gasteiger partial charge in [0.15, 0.2) is 0 Å².